The van der Waals surface area contributed by atoms with Gasteiger partial charge in [-0.1, -0.05) is 26.7 Å². The lowest BCUT2D eigenvalue weighted by molar-refractivity contribution is 0.223. The van der Waals surface area contributed by atoms with Crippen LogP contribution < -0.4 is 5.32 Å². The summed E-state index contributed by atoms with van der Waals surface area (Å²) in [6.45, 7) is 9.80. The number of likely N-dealkylation sites (N-methyl/N-ethyl adjacent to an activating group) is 1. The Morgan fingerprint density at radius 3 is 2.76 bits per heavy atom. The number of aliphatic imine (C=N–C) groups is 1. The predicted octanol–water partition coefficient (Wildman–Crippen LogP) is 3.13. The minimum Gasteiger partial charge on any atom is -0.469 e. The smallest absolute Gasteiger partial charge is 0.194 e. The second-order valence-electron chi connectivity index (χ2n) is 7.27. The van der Waals surface area contributed by atoms with Crippen molar-refractivity contribution in [2.45, 2.75) is 64.5 Å². The van der Waals surface area contributed by atoms with Gasteiger partial charge in [-0.3, -0.25) is 9.89 Å². The summed E-state index contributed by atoms with van der Waals surface area (Å²) in [4.78, 5) is 10.00. The molecule has 0 amide bonds. The van der Waals surface area contributed by atoms with Crippen LogP contribution in [0.15, 0.2) is 27.8 Å². The average Bonchev–Trinajstić information content (AvgIpc) is 3.38. The molecule has 1 saturated carbocycles. The van der Waals surface area contributed by atoms with Crippen LogP contribution in [0.2, 0.25) is 0 Å². The Morgan fingerprint density at radius 2 is 2.08 bits per heavy atom. The molecule has 140 valence electrons. The van der Waals surface area contributed by atoms with Crippen molar-refractivity contribution in [3.63, 3.8) is 0 Å². The van der Waals surface area contributed by atoms with Crippen molar-refractivity contribution in [3.05, 3.63) is 24.2 Å². The molecule has 2 fully saturated rings. The van der Waals surface area contributed by atoms with E-state index in [4.69, 9.17) is 9.41 Å². The van der Waals surface area contributed by atoms with E-state index in [1.165, 1.54) is 32.1 Å². The van der Waals surface area contributed by atoms with Gasteiger partial charge in [-0.2, -0.15) is 0 Å². The summed E-state index contributed by atoms with van der Waals surface area (Å²) in [5.41, 5.74) is 0. The van der Waals surface area contributed by atoms with Crippen LogP contribution in [0.3, 0.4) is 0 Å². The largest absolute Gasteiger partial charge is 0.469 e. The van der Waals surface area contributed by atoms with Crippen molar-refractivity contribution < 1.29 is 4.42 Å². The number of guanidine groups is 1. The summed E-state index contributed by atoms with van der Waals surface area (Å²) in [6.07, 6.45) is 9.11. The Labute approximate surface area is 152 Å². The van der Waals surface area contributed by atoms with Crippen LogP contribution >= 0.6 is 0 Å². The van der Waals surface area contributed by atoms with Crippen LogP contribution in [-0.4, -0.2) is 60.6 Å². The first-order valence-electron chi connectivity index (χ1n) is 10.1. The van der Waals surface area contributed by atoms with E-state index < -0.39 is 0 Å². The molecule has 3 rings (SSSR count). The fraction of sp³-hybridized carbons (Fsp3) is 0.750. The Kier molecular flexibility index (Phi) is 6.79. The van der Waals surface area contributed by atoms with Gasteiger partial charge in [0.2, 0.25) is 0 Å². The van der Waals surface area contributed by atoms with Crippen molar-refractivity contribution in [2.24, 2.45) is 4.99 Å². The summed E-state index contributed by atoms with van der Waals surface area (Å²) in [7, 11) is 0. The van der Waals surface area contributed by atoms with E-state index in [1.54, 1.807) is 6.26 Å². The summed E-state index contributed by atoms with van der Waals surface area (Å²) in [6, 6.07) is 5.25. The average molecular weight is 347 g/mol. The van der Waals surface area contributed by atoms with Crippen LogP contribution in [0.4, 0.5) is 0 Å². The number of nitrogens with one attached hydrogen (secondary N) is 1. The molecule has 1 aromatic heterocycles. The summed E-state index contributed by atoms with van der Waals surface area (Å²) in [5.74, 6) is 2.14. The van der Waals surface area contributed by atoms with Crippen molar-refractivity contribution in [1.29, 1.82) is 0 Å². The van der Waals surface area contributed by atoms with Crippen LogP contribution in [-0.2, 0) is 6.42 Å². The Morgan fingerprint density at radius 1 is 1.28 bits per heavy atom. The van der Waals surface area contributed by atoms with Crippen LogP contribution in [0, 0.1) is 0 Å². The fourth-order valence-electron chi connectivity index (χ4n) is 4.19. The Bertz CT molecular complexity index is 518. The van der Waals surface area contributed by atoms with E-state index >= 15 is 0 Å². The molecule has 0 aromatic carbocycles. The molecule has 2 heterocycles. The van der Waals surface area contributed by atoms with E-state index in [1.807, 2.05) is 12.1 Å². The lowest BCUT2D eigenvalue weighted by Crippen LogP contribution is -2.46. The van der Waals surface area contributed by atoms with Crippen molar-refractivity contribution >= 4 is 5.96 Å². The zero-order valence-electron chi connectivity index (χ0n) is 15.9. The van der Waals surface area contributed by atoms with E-state index in [2.05, 4.69) is 29.0 Å². The van der Waals surface area contributed by atoms with Gasteiger partial charge in [0.05, 0.1) is 6.26 Å². The minimum atomic E-state index is 0.606. The Hall–Kier alpha value is -1.49. The number of furan rings is 1. The maximum absolute atomic E-state index is 5.44. The van der Waals surface area contributed by atoms with Crippen LogP contribution in [0.1, 0.15) is 51.7 Å². The molecule has 1 aliphatic heterocycles. The molecule has 0 radical (unpaired) electrons. The zero-order chi connectivity index (χ0) is 17.5. The van der Waals surface area contributed by atoms with Gasteiger partial charge in [0.25, 0.3) is 0 Å². The minimum absolute atomic E-state index is 0.606. The number of hydrogen-bond acceptors (Lipinski definition) is 3. The third kappa shape index (κ3) is 5.00. The van der Waals surface area contributed by atoms with Crippen molar-refractivity contribution in [1.82, 2.24) is 15.1 Å². The third-order valence-electron chi connectivity index (χ3n) is 5.68. The highest BCUT2D eigenvalue weighted by molar-refractivity contribution is 5.80. The monoisotopic (exact) mass is 346 g/mol. The molecule has 25 heavy (non-hydrogen) atoms. The van der Waals surface area contributed by atoms with Crippen LogP contribution in [0.25, 0.3) is 0 Å². The van der Waals surface area contributed by atoms with Crippen molar-refractivity contribution in [3.8, 4) is 0 Å². The molecule has 0 spiro atoms. The first kappa shape index (κ1) is 18.3. The van der Waals surface area contributed by atoms with Gasteiger partial charge < -0.3 is 14.6 Å². The van der Waals surface area contributed by atoms with E-state index in [9.17, 15) is 0 Å². The molecule has 1 saturated heterocycles. The highest BCUT2D eigenvalue weighted by atomic mass is 16.3. The van der Waals surface area contributed by atoms with Gasteiger partial charge in [0.15, 0.2) is 5.96 Å². The van der Waals surface area contributed by atoms with Gasteiger partial charge in [-0.05, 0) is 44.5 Å². The van der Waals surface area contributed by atoms with Crippen molar-refractivity contribution in [2.75, 3.05) is 32.7 Å². The van der Waals surface area contributed by atoms with Gasteiger partial charge in [-0.15, -0.1) is 0 Å². The molecule has 2 aliphatic rings. The molecule has 1 atom stereocenters. The number of likely N-dealkylation sites (tertiary alicyclic amines) is 1. The SMILES string of the molecule is CCN(CC)C1CCN(C(=NCCc2ccco2)NC2CCCC2)C1. The predicted molar refractivity (Wildman–Crippen MR) is 103 cm³/mol. The van der Waals surface area contributed by atoms with E-state index in [0.29, 0.717) is 12.1 Å². The molecule has 1 unspecified atom stereocenters. The first-order valence-corrected chi connectivity index (χ1v) is 10.1. The van der Waals surface area contributed by atoms with Crippen LogP contribution in [0.5, 0.6) is 0 Å². The summed E-state index contributed by atoms with van der Waals surface area (Å²) < 4.78 is 5.44. The highest BCUT2D eigenvalue weighted by Gasteiger charge is 2.29. The molecule has 5 heteroatoms. The quantitative estimate of drug-likeness (QED) is 0.608. The van der Waals surface area contributed by atoms with Gasteiger partial charge in [-0.25, -0.2) is 0 Å². The second-order valence-corrected chi connectivity index (χ2v) is 7.27. The highest BCUT2D eigenvalue weighted by Crippen LogP contribution is 2.20. The summed E-state index contributed by atoms with van der Waals surface area (Å²) >= 11 is 0. The number of rotatable bonds is 7. The summed E-state index contributed by atoms with van der Waals surface area (Å²) in [5, 5.41) is 3.76. The molecular weight excluding hydrogens is 312 g/mol. The molecule has 0 bridgehead atoms. The topological polar surface area (TPSA) is 44.0 Å². The second kappa shape index (κ2) is 9.27. The fourth-order valence-corrected chi connectivity index (χ4v) is 4.19. The lowest BCUT2D eigenvalue weighted by Gasteiger charge is -2.28. The molecule has 1 aliphatic carbocycles. The van der Waals surface area contributed by atoms with E-state index in [-0.39, 0.29) is 0 Å². The van der Waals surface area contributed by atoms with Gasteiger partial charge in [0, 0.05) is 38.1 Å². The molecular formula is C20H34N4O. The maximum Gasteiger partial charge on any atom is 0.194 e. The third-order valence-corrected chi connectivity index (χ3v) is 5.68. The number of nitrogens with zero attached hydrogens (tertiary/aromatic N) is 3. The molecule has 1 aromatic rings. The van der Waals surface area contributed by atoms with Gasteiger partial charge >= 0.3 is 0 Å². The first-order chi connectivity index (χ1) is 12.3. The zero-order valence-corrected chi connectivity index (χ0v) is 15.9. The standard InChI is InChI=1S/C20H34N4O/c1-3-23(4-2)18-12-14-24(16-18)20(22-17-8-5-6-9-17)21-13-11-19-10-7-15-25-19/h7,10,15,17-18H,3-6,8-9,11-14,16H2,1-2H3,(H,21,22). The molecule has 5 nitrogen and oxygen atoms in total. The lowest BCUT2D eigenvalue weighted by atomic mass is 10.2. The molecule has 1 N–H and O–H groups in total. The number of hydrogen-bond donors (Lipinski definition) is 1. The normalized spacial score (nSPS) is 22.3. The van der Waals surface area contributed by atoms with E-state index in [0.717, 1.165) is 50.9 Å². The van der Waals surface area contributed by atoms with Gasteiger partial charge in [0.1, 0.15) is 5.76 Å². The maximum atomic E-state index is 5.44. The Balaban J connectivity index is 1.61.